The maximum atomic E-state index is 12.9. The van der Waals surface area contributed by atoms with E-state index in [1.165, 1.54) is 6.08 Å². The van der Waals surface area contributed by atoms with Gasteiger partial charge < -0.3 is 38.5 Å². The molecule has 10 nitrogen and oxygen atoms in total. The molecule has 2 aliphatic heterocycles. The molecule has 0 unspecified atom stereocenters. The van der Waals surface area contributed by atoms with Crippen molar-refractivity contribution in [3.8, 4) is 0 Å². The standard InChI is InChI=1S/C43H47NO9/c1-3-48-37(45)24-35-38(42(46)44-35)30(2)52-43-41(51-28-34-22-14-7-15-23-34)40(50-27-33-20-12-6-13-21-33)39(49-26-32-18-10-5-11-19-32)36(53-43)29-47-25-31-16-8-4-9-17-31/h4-24,30,36,38-41,43H,3,25-29H2,1-2H3,(H,44,46)/b35-24-/t30-,36-,38-,39-,40+,41-,43+/m1/s1. The molecule has 4 aromatic rings. The molecule has 2 aliphatic rings. The van der Waals surface area contributed by atoms with Crippen LogP contribution in [0.25, 0.3) is 0 Å². The van der Waals surface area contributed by atoms with Crippen LogP contribution >= 0.6 is 0 Å². The zero-order valence-corrected chi connectivity index (χ0v) is 30.1. The normalized spacial score (nSPS) is 23.9. The lowest BCUT2D eigenvalue weighted by atomic mass is 9.90. The summed E-state index contributed by atoms with van der Waals surface area (Å²) in [5.74, 6) is -1.54. The van der Waals surface area contributed by atoms with Crippen LogP contribution in [0.2, 0.25) is 0 Å². The number of carbonyl (C=O) groups excluding carboxylic acids is 2. The second-order valence-electron chi connectivity index (χ2n) is 13.0. The molecule has 2 heterocycles. The predicted molar refractivity (Wildman–Crippen MR) is 197 cm³/mol. The van der Waals surface area contributed by atoms with Crippen LogP contribution in [0.5, 0.6) is 0 Å². The largest absolute Gasteiger partial charge is 0.463 e. The zero-order chi connectivity index (χ0) is 36.8. The fourth-order valence-corrected chi connectivity index (χ4v) is 6.41. The van der Waals surface area contributed by atoms with E-state index in [1.807, 2.05) is 121 Å². The lowest BCUT2D eigenvalue weighted by Gasteiger charge is -2.47. The number of ether oxygens (including phenoxy) is 7. The quantitative estimate of drug-likeness (QED) is 0.0721. The van der Waals surface area contributed by atoms with E-state index < -0.39 is 48.7 Å². The first kappa shape index (κ1) is 38.1. The maximum absolute atomic E-state index is 12.9. The molecule has 2 saturated heterocycles. The number of hydrogen-bond donors (Lipinski definition) is 1. The Hall–Kier alpha value is -4.68. The van der Waals surface area contributed by atoms with Crippen molar-refractivity contribution in [2.24, 2.45) is 5.92 Å². The molecule has 1 amide bonds. The van der Waals surface area contributed by atoms with Gasteiger partial charge in [-0.05, 0) is 36.1 Å². The van der Waals surface area contributed by atoms with Crippen LogP contribution in [0.1, 0.15) is 36.1 Å². The van der Waals surface area contributed by atoms with E-state index in [9.17, 15) is 9.59 Å². The summed E-state index contributed by atoms with van der Waals surface area (Å²) in [5, 5.41) is 2.70. The van der Waals surface area contributed by atoms with Gasteiger partial charge >= 0.3 is 5.97 Å². The molecular weight excluding hydrogens is 674 g/mol. The van der Waals surface area contributed by atoms with Crippen molar-refractivity contribution >= 4 is 11.9 Å². The Morgan fingerprint density at radius 2 is 1.17 bits per heavy atom. The van der Waals surface area contributed by atoms with Gasteiger partial charge in [0.15, 0.2) is 6.29 Å². The van der Waals surface area contributed by atoms with Crippen LogP contribution in [0.4, 0.5) is 0 Å². The number of β-lactam (4-membered cyclic amide) rings is 1. The molecule has 0 aromatic heterocycles. The third kappa shape index (κ3) is 10.7. The van der Waals surface area contributed by atoms with Crippen LogP contribution in [-0.4, -0.2) is 61.9 Å². The second kappa shape index (κ2) is 19.4. The lowest BCUT2D eigenvalue weighted by molar-refractivity contribution is -0.337. The van der Waals surface area contributed by atoms with Gasteiger partial charge in [-0.25, -0.2) is 4.79 Å². The molecule has 6 rings (SSSR count). The molecule has 4 aromatic carbocycles. The van der Waals surface area contributed by atoms with Crippen molar-refractivity contribution in [3.63, 3.8) is 0 Å². The summed E-state index contributed by atoms with van der Waals surface area (Å²) in [5.41, 5.74) is 4.36. The average molecular weight is 722 g/mol. The Morgan fingerprint density at radius 3 is 1.66 bits per heavy atom. The summed E-state index contributed by atoms with van der Waals surface area (Å²) in [6.07, 6.45) is -3.20. The maximum Gasteiger partial charge on any atom is 0.332 e. The van der Waals surface area contributed by atoms with Gasteiger partial charge in [-0.15, -0.1) is 0 Å². The van der Waals surface area contributed by atoms with Gasteiger partial charge in [0, 0.05) is 11.8 Å². The number of hydrogen-bond acceptors (Lipinski definition) is 9. The van der Waals surface area contributed by atoms with Crippen LogP contribution in [0.15, 0.2) is 133 Å². The zero-order valence-electron chi connectivity index (χ0n) is 30.1. The number of benzene rings is 4. The molecule has 53 heavy (non-hydrogen) atoms. The van der Waals surface area contributed by atoms with Gasteiger partial charge in [-0.3, -0.25) is 4.79 Å². The van der Waals surface area contributed by atoms with E-state index in [0.29, 0.717) is 18.9 Å². The topological polar surface area (TPSA) is 111 Å². The van der Waals surface area contributed by atoms with Crippen molar-refractivity contribution in [3.05, 3.63) is 155 Å². The van der Waals surface area contributed by atoms with Gasteiger partial charge in [-0.2, -0.15) is 0 Å². The third-order valence-electron chi connectivity index (χ3n) is 9.10. The molecule has 0 spiro atoms. The van der Waals surface area contributed by atoms with Gasteiger partial charge in [0.1, 0.15) is 30.3 Å². The highest BCUT2D eigenvalue weighted by Gasteiger charge is 2.51. The molecule has 2 fully saturated rings. The van der Waals surface area contributed by atoms with E-state index in [2.05, 4.69) is 5.32 Å². The summed E-state index contributed by atoms with van der Waals surface area (Å²) in [7, 11) is 0. The molecule has 7 atom stereocenters. The molecule has 1 N–H and O–H groups in total. The number of rotatable bonds is 18. The summed E-state index contributed by atoms with van der Waals surface area (Å²) >= 11 is 0. The Bertz CT molecular complexity index is 1740. The first-order valence-corrected chi connectivity index (χ1v) is 18.1. The molecule has 10 heteroatoms. The van der Waals surface area contributed by atoms with Crippen molar-refractivity contribution < 1.29 is 42.7 Å². The van der Waals surface area contributed by atoms with Crippen molar-refractivity contribution in [1.82, 2.24) is 5.32 Å². The molecule has 0 radical (unpaired) electrons. The summed E-state index contributed by atoms with van der Waals surface area (Å²) in [6, 6.07) is 39.5. The number of esters is 1. The van der Waals surface area contributed by atoms with Crippen molar-refractivity contribution in [1.29, 1.82) is 0 Å². The summed E-state index contributed by atoms with van der Waals surface area (Å²) in [6.45, 7) is 5.06. The minimum absolute atomic E-state index is 0.164. The highest BCUT2D eigenvalue weighted by Crippen LogP contribution is 2.34. The summed E-state index contributed by atoms with van der Waals surface area (Å²) in [4.78, 5) is 25.2. The Kier molecular flexibility index (Phi) is 13.9. The van der Waals surface area contributed by atoms with E-state index in [-0.39, 0.29) is 32.3 Å². The van der Waals surface area contributed by atoms with Gasteiger partial charge in [0.2, 0.25) is 5.91 Å². The Balaban J connectivity index is 1.32. The Labute approximate surface area is 311 Å². The van der Waals surface area contributed by atoms with E-state index in [0.717, 1.165) is 22.3 Å². The number of nitrogens with one attached hydrogen (secondary N) is 1. The van der Waals surface area contributed by atoms with Crippen molar-refractivity contribution in [2.75, 3.05) is 13.2 Å². The number of amides is 1. The van der Waals surface area contributed by atoms with Crippen LogP contribution < -0.4 is 5.32 Å². The van der Waals surface area contributed by atoms with Crippen LogP contribution in [0.3, 0.4) is 0 Å². The first-order valence-electron chi connectivity index (χ1n) is 18.1. The van der Waals surface area contributed by atoms with Crippen LogP contribution in [0, 0.1) is 5.92 Å². The van der Waals surface area contributed by atoms with E-state index >= 15 is 0 Å². The highest BCUT2D eigenvalue weighted by molar-refractivity contribution is 5.95. The minimum atomic E-state index is -1.01. The predicted octanol–water partition coefficient (Wildman–Crippen LogP) is 6.28. The smallest absolute Gasteiger partial charge is 0.332 e. The Morgan fingerprint density at radius 1 is 0.698 bits per heavy atom. The monoisotopic (exact) mass is 721 g/mol. The SMILES string of the molecule is CCOC(=O)/C=C1\NC(=O)[C@@H]1[C@@H](C)O[C@H]1O[C@H](COCc2ccccc2)[C@@H](OCc2ccccc2)[C@H](OCc2ccccc2)[C@H]1OCc1ccccc1. The second-order valence-corrected chi connectivity index (χ2v) is 13.0. The van der Waals surface area contributed by atoms with Gasteiger partial charge in [-0.1, -0.05) is 121 Å². The number of carbonyl (C=O) groups is 2. The third-order valence-corrected chi connectivity index (χ3v) is 9.10. The van der Waals surface area contributed by atoms with Crippen LogP contribution in [-0.2, 0) is 69.2 Å². The highest BCUT2D eigenvalue weighted by atomic mass is 16.7. The van der Waals surface area contributed by atoms with E-state index in [4.69, 9.17) is 33.2 Å². The van der Waals surface area contributed by atoms with Gasteiger partial charge in [0.05, 0.1) is 45.7 Å². The fourth-order valence-electron chi connectivity index (χ4n) is 6.41. The molecular formula is C43H47NO9. The van der Waals surface area contributed by atoms with Crippen molar-refractivity contribution in [2.45, 2.75) is 77.1 Å². The lowest BCUT2D eigenvalue weighted by Crippen LogP contribution is -2.63. The molecule has 0 aliphatic carbocycles. The summed E-state index contributed by atoms with van der Waals surface area (Å²) < 4.78 is 44.9. The van der Waals surface area contributed by atoms with E-state index in [1.54, 1.807) is 13.8 Å². The minimum Gasteiger partial charge on any atom is -0.463 e. The average Bonchev–Trinajstić information content (AvgIpc) is 3.17. The molecule has 0 saturated carbocycles. The fraction of sp³-hybridized carbons (Fsp3) is 0.349. The molecule has 0 bridgehead atoms. The molecule has 278 valence electrons. The van der Waals surface area contributed by atoms with Gasteiger partial charge in [0.25, 0.3) is 0 Å². The first-order chi connectivity index (χ1) is 26.0.